The molecule has 1 N–H and O–H groups in total. The Morgan fingerprint density at radius 1 is 1.29 bits per heavy atom. The van der Waals surface area contributed by atoms with Gasteiger partial charge in [0, 0.05) is 11.9 Å². The smallest absolute Gasteiger partial charge is 0.117 e. The third-order valence-corrected chi connectivity index (χ3v) is 4.49. The summed E-state index contributed by atoms with van der Waals surface area (Å²) >= 11 is 1.55. The molecule has 17 heavy (non-hydrogen) atoms. The van der Waals surface area contributed by atoms with E-state index in [4.69, 9.17) is 0 Å². The fourth-order valence-corrected chi connectivity index (χ4v) is 2.29. The van der Waals surface area contributed by atoms with Gasteiger partial charge >= 0.3 is 0 Å². The molecule has 0 saturated carbocycles. The summed E-state index contributed by atoms with van der Waals surface area (Å²) in [5, 5.41) is 5.97. The van der Waals surface area contributed by atoms with Crippen LogP contribution < -0.4 is 5.32 Å². The zero-order valence-electron chi connectivity index (χ0n) is 10.9. The van der Waals surface area contributed by atoms with Crippen LogP contribution in [-0.2, 0) is 0 Å². The number of nitrogens with zero attached hydrogens (tertiary/aromatic N) is 1. The molecule has 0 fully saturated rings. The first-order valence-corrected chi connectivity index (χ1v) is 6.86. The molecule has 0 spiro atoms. The highest BCUT2D eigenvalue weighted by Crippen LogP contribution is 2.31. The Hall–Kier alpha value is -1.09. The van der Waals surface area contributed by atoms with Crippen molar-refractivity contribution in [1.82, 2.24) is 4.37 Å². The van der Waals surface area contributed by atoms with Crippen LogP contribution in [0.2, 0.25) is 0 Å². The SMILES string of the molecule is CC(C)C(C)(C)CNc1snc2ccccc12. The standard InChI is InChI=1S/C14H20N2S/c1-10(2)14(3,4)9-15-13-11-7-5-6-8-12(11)16-17-13/h5-8,10,15H,9H2,1-4H3. The Kier molecular flexibility index (Phi) is 3.38. The average molecular weight is 248 g/mol. The minimum atomic E-state index is 0.297. The van der Waals surface area contributed by atoms with Crippen molar-refractivity contribution < 1.29 is 0 Å². The van der Waals surface area contributed by atoms with E-state index < -0.39 is 0 Å². The van der Waals surface area contributed by atoms with E-state index in [0.29, 0.717) is 11.3 Å². The molecular formula is C14H20N2S. The van der Waals surface area contributed by atoms with Crippen LogP contribution in [0.1, 0.15) is 27.7 Å². The lowest BCUT2D eigenvalue weighted by Crippen LogP contribution is -2.28. The quantitative estimate of drug-likeness (QED) is 0.868. The van der Waals surface area contributed by atoms with Gasteiger partial charge in [-0.3, -0.25) is 0 Å². The lowest BCUT2D eigenvalue weighted by atomic mass is 9.81. The van der Waals surface area contributed by atoms with Gasteiger partial charge < -0.3 is 5.32 Å². The first kappa shape index (κ1) is 12.4. The largest absolute Gasteiger partial charge is 0.375 e. The maximum absolute atomic E-state index is 4.44. The number of aromatic nitrogens is 1. The maximum Gasteiger partial charge on any atom is 0.117 e. The second-order valence-electron chi connectivity index (χ2n) is 5.53. The summed E-state index contributed by atoms with van der Waals surface area (Å²) in [6, 6.07) is 8.29. The molecule has 0 aliphatic carbocycles. The maximum atomic E-state index is 4.44. The molecule has 2 nitrogen and oxygen atoms in total. The monoisotopic (exact) mass is 248 g/mol. The van der Waals surface area contributed by atoms with Gasteiger partial charge in [-0.2, -0.15) is 4.37 Å². The molecule has 0 bridgehead atoms. The van der Waals surface area contributed by atoms with Crippen LogP contribution in [0, 0.1) is 11.3 Å². The average Bonchev–Trinajstić information content (AvgIpc) is 2.69. The minimum absolute atomic E-state index is 0.297. The number of hydrogen-bond acceptors (Lipinski definition) is 3. The zero-order chi connectivity index (χ0) is 12.5. The summed E-state index contributed by atoms with van der Waals surface area (Å²) in [5.74, 6) is 0.661. The summed E-state index contributed by atoms with van der Waals surface area (Å²) in [5.41, 5.74) is 1.38. The Labute approximate surface area is 107 Å². The predicted octanol–water partition coefficient (Wildman–Crippen LogP) is 4.39. The topological polar surface area (TPSA) is 24.9 Å². The molecule has 0 aliphatic heterocycles. The van der Waals surface area contributed by atoms with Crippen molar-refractivity contribution in [2.75, 3.05) is 11.9 Å². The summed E-state index contributed by atoms with van der Waals surface area (Å²) < 4.78 is 4.44. The van der Waals surface area contributed by atoms with Gasteiger partial charge in [-0.1, -0.05) is 39.8 Å². The highest BCUT2D eigenvalue weighted by molar-refractivity contribution is 7.11. The summed E-state index contributed by atoms with van der Waals surface area (Å²) in [6.07, 6.45) is 0. The van der Waals surface area contributed by atoms with Crippen LogP contribution in [0.4, 0.5) is 5.00 Å². The van der Waals surface area contributed by atoms with Crippen LogP contribution in [-0.4, -0.2) is 10.9 Å². The molecule has 2 aromatic rings. The van der Waals surface area contributed by atoms with E-state index >= 15 is 0 Å². The Morgan fingerprint density at radius 3 is 2.71 bits per heavy atom. The molecular weight excluding hydrogens is 228 g/mol. The highest BCUT2D eigenvalue weighted by Gasteiger charge is 2.22. The Morgan fingerprint density at radius 2 is 2.00 bits per heavy atom. The van der Waals surface area contributed by atoms with Gasteiger partial charge in [-0.15, -0.1) is 0 Å². The second kappa shape index (κ2) is 4.65. The summed E-state index contributed by atoms with van der Waals surface area (Å²) in [7, 11) is 0. The van der Waals surface area contributed by atoms with E-state index in [0.717, 1.165) is 12.1 Å². The van der Waals surface area contributed by atoms with Crippen LogP contribution in [0.25, 0.3) is 10.9 Å². The van der Waals surface area contributed by atoms with Gasteiger partial charge in [0.05, 0.1) is 5.52 Å². The van der Waals surface area contributed by atoms with Gasteiger partial charge in [0.25, 0.3) is 0 Å². The highest BCUT2D eigenvalue weighted by atomic mass is 32.1. The van der Waals surface area contributed by atoms with Gasteiger partial charge in [-0.05, 0) is 35.0 Å². The van der Waals surface area contributed by atoms with E-state index in [9.17, 15) is 0 Å². The summed E-state index contributed by atoms with van der Waals surface area (Å²) in [4.78, 5) is 0. The molecule has 1 aromatic heterocycles. The van der Waals surface area contributed by atoms with Crippen LogP contribution >= 0.6 is 11.5 Å². The number of fused-ring (bicyclic) bond motifs is 1. The number of benzene rings is 1. The fourth-order valence-electron chi connectivity index (χ4n) is 1.53. The first-order valence-electron chi connectivity index (χ1n) is 6.09. The molecule has 2 rings (SSSR count). The minimum Gasteiger partial charge on any atom is -0.375 e. The number of anilines is 1. The predicted molar refractivity (Wildman–Crippen MR) is 76.7 cm³/mol. The van der Waals surface area contributed by atoms with E-state index in [-0.39, 0.29) is 0 Å². The molecule has 0 amide bonds. The molecule has 1 heterocycles. The molecule has 92 valence electrons. The lowest BCUT2D eigenvalue weighted by molar-refractivity contribution is 0.270. The van der Waals surface area contributed by atoms with Gasteiger partial charge in [-0.25, -0.2) is 0 Å². The van der Waals surface area contributed by atoms with Gasteiger partial charge in [0.2, 0.25) is 0 Å². The van der Waals surface area contributed by atoms with Crippen LogP contribution in [0.5, 0.6) is 0 Å². The zero-order valence-corrected chi connectivity index (χ0v) is 11.8. The Balaban J connectivity index is 2.14. The molecule has 0 aliphatic rings. The molecule has 0 atom stereocenters. The number of rotatable bonds is 4. The third-order valence-electron chi connectivity index (χ3n) is 3.65. The van der Waals surface area contributed by atoms with E-state index in [1.54, 1.807) is 11.5 Å². The number of nitrogens with one attached hydrogen (secondary N) is 1. The Bertz CT molecular complexity index is 500. The fraction of sp³-hybridized carbons (Fsp3) is 0.500. The molecule has 1 aromatic carbocycles. The van der Waals surface area contributed by atoms with Crippen LogP contribution in [0.15, 0.2) is 24.3 Å². The van der Waals surface area contributed by atoms with Crippen molar-refractivity contribution in [3.63, 3.8) is 0 Å². The third kappa shape index (κ3) is 2.60. The van der Waals surface area contributed by atoms with E-state index in [1.165, 1.54) is 10.4 Å². The number of hydrogen-bond donors (Lipinski definition) is 1. The molecule has 0 unspecified atom stereocenters. The van der Waals surface area contributed by atoms with E-state index in [1.807, 2.05) is 6.07 Å². The van der Waals surface area contributed by atoms with Crippen molar-refractivity contribution in [1.29, 1.82) is 0 Å². The van der Waals surface area contributed by atoms with Crippen molar-refractivity contribution >= 4 is 27.4 Å². The van der Waals surface area contributed by atoms with Crippen molar-refractivity contribution in [2.45, 2.75) is 27.7 Å². The van der Waals surface area contributed by atoms with Gasteiger partial charge in [0.15, 0.2) is 0 Å². The molecule has 0 radical (unpaired) electrons. The first-order chi connectivity index (χ1) is 8.00. The summed E-state index contributed by atoms with van der Waals surface area (Å²) in [6.45, 7) is 10.1. The molecule has 0 saturated heterocycles. The van der Waals surface area contributed by atoms with Gasteiger partial charge in [0.1, 0.15) is 5.00 Å². The van der Waals surface area contributed by atoms with E-state index in [2.05, 4.69) is 55.6 Å². The molecule has 3 heteroatoms. The van der Waals surface area contributed by atoms with Crippen LogP contribution in [0.3, 0.4) is 0 Å². The normalized spacial score (nSPS) is 12.3. The lowest BCUT2D eigenvalue weighted by Gasteiger charge is -2.29. The van der Waals surface area contributed by atoms with Crippen molar-refractivity contribution in [2.24, 2.45) is 11.3 Å². The second-order valence-corrected chi connectivity index (χ2v) is 6.30. The van der Waals surface area contributed by atoms with Crippen molar-refractivity contribution in [3.8, 4) is 0 Å². The van der Waals surface area contributed by atoms with Crippen molar-refractivity contribution in [3.05, 3.63) is 24.3 Å².